The molecule has 7 nitrogen and oxygen atoms in total. The third kappa shape index (κ3) is 4.30. The number of ether oxygens (including phenoxy) is 1. The van der Waals surface area contributed by atoms with E-state index in [2.05, 4.69) is 15.2 Å². The first-order valence-electron chi connectivity index (χ1n) is 8.71. The highest BCUT2D eigenvalue weighted by molar-refractivity contribution is 6.34. The summed E-state index contributed by atoms with van der Waals surface area (Å²) in [5.41, 5.74) is 4.40. The van der Waals surface area contributed by atoms with Gasteiger partial charge in [-0.2, -0.15) is 13.2 Å². The zero-order valence-electron chi connectivity index (χ0n) is 15.4. The smallest absolute Gasteiger partial charge is 0.420 e. The lowest BCUT2D eigenvalue weighted by Crippen LogP contribution is -2.25. The lowest BCUT2D eigenvalue weighted by atomic mass is 10.2. The van der Waals surface area contributed by atoms with Crippen LogP contribution in [0.1, 0.15) is 11.3 Å². The lowest BCUT2D eigenvalue weighted by molar-refractivity contribution is -0.329. The van der Waals surface area contributed by atoms with E-state index in [1.54, 1.807) is 12.1 Å². The number of hydrogen-bond donors (Lipinski definition) is 2. The number of nitrogen functional groups attached to an aromatic ring is 1. The first kappa shape index (κ1) is 21.0. The Balaban J connectivity index is 1.79. The lowest BCUT2D eigenvalue weighted by Gasteiger charge is -2.15. The van der Waals surface area contributed by atoms with Crippen LogP contribution < -0.4 is 21.0 Å². The number of alkyl halides is 3. The van der Waals surface area contributed by atoms with Crippen molar-refractivity contribution in [3.8, 4) is 11.5 Å². The SMILES string of the molecule is Nc1ccc2c(Cn3ccc(C(F)(F)F)c(Oc4cc(Cl)cc(Cl)c4)c3=O)[nH]nc2[nH+]1. The number of H-pyrrole nitrogens is 2. The molecule has 3 aromatic heterocycles. The molecule has 0 saturated carbocycles. The summed E-state index contributed by atoms with van der Waals surface area (Å²) in [6.07, 6.45) is -3.78. The second-order valence-electron chi connectivity index (χ2n) is 6.57. The van der Waals surface area contributed by atoms with Crippen molar-refractivity contribution in [1.82, 2.24) is 14.8 Å². The summed E-state index contributed by atoms with van der Waals surface area (Å²) in [6, 6.07) is 7.96. The zero-order chi connectivity index (χ0) is 22.3. The Morgan fingerprint density at radius 1 is 1.16 bits per heavy atom. The fourth-order valence-corrected chi connectivity index (χ4v) is 3.52. The van der Waals surface area contributed by atoms with Gasteiger partial charge >= 0.3 is 6.18 Å². The molecule has 31 heavy (non-hydrogen) atoms. The molecule has 160 valence electrons. The molecule has 0 unspecified atom stereocenters. The predicted molar refractivity (Wildman–Crippen MR) is 108 cm³/mol. The molecule has 3 heterocycles. The van der Waals surface area contributed by atoms with E-state index in [1.807, 2.05) is 0 Å². The van der Waals surface area contributed by atoms with E-state index in [0.717, 1.165) is 16.8 Å². The number of nitrogens with one attached hydrogen (secondary N) is 2. The van der Waals surface area contributed by atoms with Crippen LogP contribution in [-0.2, 0) is 12.7 Å². The van der Waals surface area contributed by atoms with Gasteiger partial charge in [0, 0.05) is 22.3 Å². The van der Waals surface area contributed by atoms with Crippen LogP contribution in [0.25, 0.3) is 11.0 Å². The van der Waals surface area contributed by atoms with Crippen LogP contribution in [0.4, 0.5) is 19.0 Å². The zero-order valence-corrected chi connectivity index (χ0v) is 16.9. The maximum absolute atomic E-state index is 13.5. The van der Waals surface area contributed by atoms with E-state index in [4.69, 9.17) is 33.7 Å². The minimum absolute atomic E-state index is 0.0854. The molecule has 0 aliphatic heterocycles. The third-order valence-corrected chi connectivity index (χ3v) is 4.82. The summed E-state index contributed by atoms with van der Waals surface area (Å²) in [5, 5.41) is 7.73. The van der Waals surface area contributed by atoms with Gasteiger partial charge in [-0.05, 0) is 35.4 Å². The molecule has 1 aromatic carbocycles. The van der Waals surface area contributed by atoms with Crippen molar-refractivity contribution in [2.75, 3.05) is 5.73 Å². The van der Waals surface area contributed by atoms with E-state index in [0.29, 0.717) is 22.5 Å². The standard InChI is InChI=1S/C19H12Cl2F3N5O2/c20-9-5-10(21)7-11(6-9)31-16-13(19(22,23)24)3-4-29(18(16)30)8-14-12-1-2-15(25)26-17(12)28-27-14/h1-7H,8H2,(H3,25,26,27,28)/p+1. The van der Waals surface area contributed by atoms with E-state index < -0.39 is 23.0 Å². The number of pyridine rings is 2. The van der Waals surface area contributed by atoms with Crippen molar-refractivity contribution in [2.45, 2.75) is 12.7 Å². The highest BCUT2D eigenvalue weighted by Crippen LogP contribution is 2.37. The molecule has 0 aliphatic carbocycles. The van der Waals surface area contributed by atoms with Gasteiger partial charge in [0.25, 0.3) is 11.2 Å². The molecule has 12 heteroatoms. The van der Waals surface area contributed by atoms with E-state index in [9.17, 15) is 18.0 Å². The average molecular weight is 471 g/mol. The highest BCUT2D eigenvalue weighted by atomic mass is 35.5. The fourth-order valence-electron chi connectivity index (χ4n) is 3.01. The molecule has 0 amide bonds. The van der Waals surface area contributed by atoms with Gasteiger partial charge in [-0.1, -0.05) is 23.2 Å². The van der Waals surface area contributed by atoms with Crippen LogP contribution in [0.2, 0.25) is 10.0 Å². The van der Waals surface area contributed by atoms with Gasteiger partial charge < -0.3 is 15.0 Å². The quantitative estimate of drug-likeness (QED) is 0.464. The number of benzene rings is 1. The number of aromatic nitrogens is 4. The second kappa shape index (κ2) is 7.78. The molecule has 0 saturated heterocycles. The molecule has 0 aliphatic rings. The summed E-state index contributed by atoms with van der Waals surface area (Å²) in [6.45, 7) is -0.0854. The summed E-state index contributed by atoms with van der Waals surface area (Å²) < 4.78 is 47.0. The first-order chi connectivity index (χ1) is 14.6. The highest BCUT2D eigenvalue weighted by Gasteiger charge is 2.36. The summed E-state index contributed by atoms with van der Waals surface area (Å²) in [5.74, 6) is -0.615. The molecule has 0 fully saturated rings. The Morgan fingerprint density at radius 2 is 1.87 bits per heavy atom. The van der Waals surface area contributed by atoms with Crippen molar-refractivity contribution in [2.24, 2.45) is 0 Å². The van der Waals surface area contributed by atoms with Gasteiger partial charge in [0.2, 0.25) is 11.6 Å². The monoisotopic (exact) mass is 470 g/mol. The largest absolute Gasteiger partial charge is 0.451 e. The maximum Gasteiger partial charge on any atom is 0.420 e. The van der Waals surface area contributed by atoms with Gasteiger partial charge in [-0.3, -0.25) is 4.79 Å². The number of halogens is 5. The first-order valence-corrected chi connectivity index (χ1v) is 9.47. The van der Waals surface area contributed by atoms with E-state index >= 15 is 0 Å². The number of nitrogens with zero attached hydrogens (tertiary/aromatic N) is 2. The van der Waals surface area contributed by atoms with Crippen molar-refractivity contribution >= 4 is 40.1 Å². The van der Waals surface area contributed by atoms with Gasteiger partial charge in [0.15, 0.2) is 0 Å². The molecule has 0 spiro atoms. The molecule has 4 aromatic rings. The second-order valence-corrected chi connectivity index (χ2v) is 7.45. The molecule has 4 N–H and O–H groups in total. The van der Waals surface area contributed by atoms with Crippen LogP contribution >= 0.6 is 23.2 Å². The predicted octanol–water partition coefficient (Wildman–Crippen LogP) is 4.29. The summed E-state index contributed by atoms with van der Waals surface area (Å²) in [7, 11) is 0. The average Bonchev–Trinajstić information content (AvgIpc) is 3.05. The summed E-state index contributed by atoms with van der Waals surface area (Å²) in [4.78, 5) is 15.8. The molecule has 0 bridgehead atoms. The van der Waals surface area contributed by atoms with Gasteiger partial charge in [0.1, 0.15) is 11.3 Å². The number of fused-ring (bicyclic) bond motifs is 1. The van der Waals surface area contributed by atoms with Crippen LogP contribution in [0.5, 0.6) is 11.5 Å². The van der Waals surface area contributed by atoms with Crippen LogP contribution in [0.3, 0.4) is 0 Å². The Kier molecular flexibility index (Phi) is 5.28. The van der Waals surface area contributed by atoms with E-state index in [1.165, 1.54) is 18.2 Å². The number of hydrogen-bond acceptors (Lipinski definition) is 4. The van der Waals surface area contributed by atoms with Crippen molar-refractivity contribution in [3.05, 3.63) is 74.3 Å². The molecule has 0 radical (unpaired) electrons. The number of anilines is 1. The van der Waals surface area contributed by atoms with Crippen LogP contribution in [-0.4, -0.2) is 14.8 Å². The molecule has 4 rings (SSSR count). The van der Waals surface area contributed by atoms with Gasteiger partial charge in [-0.15, -0.1) is 0 Å². The van der Waals surface area contributed by atoms with Crippen molar-refractivity contribution in [1.29, 1.82) is 0 Å². The van der Waals surface area contributed by atoms with Crippen molar-refractivity contribution < 1.29 is 22.9 Å². The van der Waals surface area contributed by atoms with Crippen molar-refractivity contribution in [3.63, 3.8) is 0 Å². The minimum atomic E-state index is -4.82. The fraction of sp³-hybridized carbons (Fsp3) is 0.105. The topological polar surface area (TPSA) is 100 Å². The minimum Gasteiger partial charge on any atom is -0.451 e. The third-order valence-electron chi connectivity index (χ3n) is 4.39. The van der Waals surface area contributed by atoms with E-state index in [-0.39, 0.29) is 22.3 Å². The van der Waals surface area contributed by atoms with Gasteiger partial charge in [0.05, 0.1) is 17.6 Å². The molecular weight excluding hydrogens is 458 g/mol. The number of nitrogens with two attached hydrogens (primary N) is 1. The number of aromatic amines is 2. The van der Waals surface area contributed by atoms with Gasteiger partial charge in [-0.25, -0.2) is 10.1 Å². The Labute approximate surface area is 182 Å². The number of rotatable bonds is 4. The summed E-state index contributed by atoms with van der Waals surface area (Å²) >= 11 is 11.8. The molecular formula is C19H13Cl2F3N5O2+. The maximum atomic E-state index is 13.5. The Hall–Kier alpha value is -3.24. The van der Waals surface area contributed by atoms with Crippen LogP contribution in [0, 0.1) is 0 Å². The Bertz CT molecular complexity index is 1330. The normalized spacial score (nSPS) is 11.8. The van der Waals surface area contributed by atoms with Crippen LogP contribution in [0.15, 0.2) is 47.4 Å². The Morgan fingerprint density at radius 3 is 2.55 bits per heavy atom. The molecule has 0 atom stereocenters.